The van der Waals surface area contributed by atoms with Crippen LogP contribution in [-0.4, -0.2) is 28.5 Å². The lowest BCUT2D eigenvalue weighted by Gasteiger charge is -2.17. The van der Waals surface area contributed by atoms with Crippen LogP contribution in [0.1, 0.15) is 41.3 Å². The lowest BCUT2D eigenvalue weighted by Crippen LogP contribution is -2.21. The van der Waals surface area contributed by atoms with Crippen LogP contribution in [0.3, 0.4) is 0 Å². The molecule has 0 heterocycles. The number of ether oxygens (including phenoxy) is 1. The topological polar surface area (TPSA) is 84.5 Å². The molecule has 2 N–H and O–H groups in total. The summed E-state index contributed by atoms with van der Waals surface area (Å²) in [6.07, 6.45) is 0. The van der Waals surface area contributed by atoms with Gasteiger partial charge >= 0.3 is 0 Å². The van der Waals surface area contributed by atoms with Gasteiger partial charge in [-0.05, 0) is 49.2 Å². The van der Waals surface area contributed by atoms with Crippen LogP contribution in [0.4, 0.5) is 5.69 Å². The van der Waals surface area contributed by atoms with E-state index in [0.717, 1.165) is 16.8 Å². The molecule has 0 aromatic heterocycles. The molecule has 2 rings (SSSR count). The molecule has 0 saturated heterocycles. The van der Waals surface area contributed by atoms with Gasteiger partial charge in [0.2, 0.25) is 10.0 Å². The number of carbonyl (C=O) groups is 1. The van der Waals surface area contributed by atoms with Crippen molar-refractivity contribution in [3.8, 4) is 5.75 Å². The first-order valence-electron chi connectivity index (χ1n) is 8.23. The van der Waals surface area contributed by atoms with Gasteiger partial charge in [-0.2, -0.15) is 0 Å². The molecule has 1 amide bonds. The van der Waals surface area contributed by atoms with E-state index in [1.54, 1.807) is 0 Å². The standard InChI is InChI=1S/C19H24N2O4S/c1-12(2)15-8-6-7-13(3)18(15)21-19(22)14-9-10-16(25-5)17(11-14)26(23,24)20-4/h6-12,20H,1-5H3,(H,21,22). The molecule has 0 bridgehead atoms. The van der Waals surface area contributed by atoms with Gasteiger partial charge in [0.1, 0.15) is 10.6 Å². The van der Waals surface area contributed by atoms with Gasteiger partial charge in [-0.3, -0.25) is 4.79 Å². The molecular formula is C19H24N2O4S. The molecule has 0 saturated carbocycles. The SMILES string of the molecule is CNS(=O)(=O)c1cc(C(=O)Nc2c(C)cccc2C(C)C)ccc1OC. The van der Waals surface area contributed by atoms with Crippen molar-refractivity contribution in [1.82, 2.24) is 4.72 Å². The first-order valence-corrected chi connectivity index (χ1v) is 9.72. The fourth-order valence-electron chi connectivity index (χ4n) is 2.67. The van der Waals surface area contributed by atoms with E-state index in [9.17, 15) is 13.2 Å². The predicted octanol–water partition coefficient (Wildman–Crippen LogP) is 3.29. The van der Waals surface area contributed by atoms with Gasteiger partial charge in [-0.25, -0.2) is 13.1 Å². The molecular weight excluding hydrogens is 352 g/mol. The summed E-state index contributed by atoms with van der Waals surface area (Å²) in [5, 5.41) is 2.92. The van der Waals surface area contributed by atoms with Crippen molar-refractivity contribution in [2.45, 2.75) is 31.6 Å². The Hall–Kier alpha value is -2.38. The molecule has 2 aromatic carbocycles. The molecule has 2 aromatic rings. The van der Waals surface area contributed by atoms with Crippen LogP contribution in [0, 0.1) is 6.92 Å². The molecule has 26 heavy (non-hydrogen) atoms. The zero-order valence-corrected chi connectivity index (χ0v) is 16.4. The molecule has 0 spiro atoms. The minimum atomic E-state index is -3.75. The van der Waals surface area contributed by atoms with Gasteiger partial charge in [0, 0.05) is 11.3 Å². The number of amides is 1. The third-order valence-corrected chi connectivity index (χ3v) is 5.59. The van der Waals surface area contributed by atoms with Gasteiger partial charge in [0.05, 0.1) is 7.11 Å². The predicted molar refractivity (Wildman–Crippen MR) is 102 cm³/mol. The Morgan fingerprint density at radius 2 is 1.85 bits per heavy atom. The first kappa shape index (κ1) is 19.9. The number of carbonyl (C=O) groups excluding carboxylic acids is 1. The maximum absolute atomic E-state index is 12.7. The fourth-order valence-corrected chi connectivity index (χ4v) is 3.58. The maximum atomic E-state index is 12.7. The van der Waals surface area contributed by atoms with Gasteiger partial charge in [-0.15, -0.1) is 0 Å². The van der Waals surface area contributed by atoms with Crippen LogP contribution in [-0.2, 0) is 10.0 Å². The second kappa shape index (κ2) is 7.88. The van der Waals surface area contributed by atoms with E-state index in [2.05, 4.69) is 23.9 Å². The van der Waals surface area contributed by atoms with Gasteiger partial charge in [0.15, 0.2) is 0 Å². The Bertz CT molecular complexity index is 921. The summed E-state index contributed by atoms with van der Waals surface area (Å²) >= 11 is 0. The number of para-hydroxylation sites is 1. The van der Waals surface area contributed by atoms with Gasteiger partial charge in [0.25, 0.3) is 5.91 Å². The number of hydrogen-bond acceptors (Lipinski definition) is 4. The summed E-state index contributed by atoms with van der Waals surface area (Å²) in [4.78, 5) is 12.7. The van der Waals surface area contributed by atoms with Crippen LogP contribution < -0.4 is 14.8 Å². The third-order valence-electron chi connectivity index (χ3n) is 4.15. The molecule has 0 atom stereocenters. The summed E-state index contributed by atoms with van der Waals surface area (Å²) in [5.41, 5.74) is 2.95. The highest BCUT2D eigenvalue weighted by Gasteiger charge is 2.21. The zero-order chi connectivity index (χ0) is 19.5. The van der Waals surface area contributed by atoms with E-state index in [4.69, 9.17) is 4.74 Å². The Labute approximate surface area is 154 Å². The molecule has 0 unspecified atom stereocenters. The Morgan fingerprint density at radius 3 is 2.42 bits per heavy atom. The van der Waals surface area contributed by atoms with Crippen LogP contribution in [0.2, 0.25) is 0 Å². The van der Waals surface area contributed by atoms with E-state index >= 15 is 0 Å². The number of aryl methyl sites for hydroxylation is 1. The van der Waals surface area contributed by atoms with Crippen molar-refractivity contribution < 1.29 is 17.9 Å². The molecule has 7 heteroatoms. The summed E-state index contributed by atoms with van der Waals surface area (Å²) in [5.74, 6) is 0.0346. The van der Waals surface area contributed by atoms with Gasteiger partial charge < -0.3 is 10.1 Å². The highest BCUT2D eigenvalue weighted by Crippen LogP contribution is 2.29. The third kappa shape index (κ3) is 4.05. The smallest absolute Gasteiger partial charge is 0.255 e. The average Bonchev–Trinajstić information content (AvgIpc) is 2.62. The van der Waals surface area contributed by atoms with E-state index < -0.39 is 10.0 Å². The van der Waals surface area contributed by atoms with Gasteiger partial charge in [-0.1, -0.05) is 32.0 Å². The Morgan fingerprint density at radius 1 is 1.15 bits per heavy atom. The van der Waals surface area contributed by atoms with Crippen LogP contribution in [0.5, 0.6) is 5.75 Å². The lowest BCUT2D eigenvalue weighted by atomic mass is 9.98. The number of nitrogens with one attached hydrogen (secondary N) is 2. The second-order valence-corrected chi connectivity index (χ2v) is 8.08. The fraction of sp³-hybridized carbons (Fsp3) is 0.316. The number of methoxy groups -OCH3 is 1. The summed E-state index contributed by atoms with van der Waals surface area (Å²) < 4.78 is 31.7. The monoisotopic (exact) mass is 376 g/mol. The summed E-state index contributed by atoms with van der Waals surface area (Å²) in [6.45, 7) is 6.03. The molecule has 6 nitrogen and oxygen atoms in total. The van der Waals surface area contributed by atoms with E-state index in [-0.39, 0.29) is 28.0 Å². The minimum Gasteiger partial charge on any atom is -0.495 e. The zero-order valence-electron chi connectivity index (χ0n) is 15.6. The normalized spacial score (nSPS) is 11.5. The number of anilines is 1. The van der Waals surface area contributed by atoms with Crippen molar-refractivity contribution in [3.63, 3.8) is 0 Å². The second-order valence-electron chi connectivity index (χ2n) is 6.22. The van der Waals surface area contributed by atoms with Crippen molar-refractivity contribution in [3.05, 3.63) is 53.1 Å². The summed E-state index contributed by atoms with van der Waals surface area (Å²) in [7, 11) is -1.06. The van der Waals surface area contributed by atoms with E-state index in [0.29, 0.717) is 0 Å². The molecule has 0 fully saturated rings. The quantitative estimate of drug-likeness (QED) is 0.810. The maximum Gasteiger partial charge on any atom is 0.255 e. The first-order chi connectivity index (χ1) is 12.2. The number of hydrogen-bond donors (Lipinski definition) is 2. The summed E-state index contributed by atoms with van der Waals surface area (Å²) in [6, 6.07) is 10.2. The lowest BCUT2D eigenvalue weighted by molar-refractivity contribution is 0.102. The molecule has 0 aliphatic rings. The highest BCUT2D eigenvalue weighted by atomic mass is 32.2. The van der Waals surface area contributed by atoms with Crippen molar-refractivity contribution in [2.75, 3.05) is 19.5 Å². The largest absolute Gasteiger partial charge is 0.495 e. The molecule has 140 valence electrons. The number of benzene rings is 2. The molecule has 0 aliphatic heterocycles. The highest BCUT2D eigenvalue weighted by molar-refractivity contribution is 7.89. The Kier molecular flexibility index (Phi) is 6.05. The van der Waals surface area contributed by atoms with E-state index in [1.165, 1.54) is 32.4 Å². The van der Waals surface area contributed by atoms with Crippen LogP contribution >= 0.6 is 0 Å². The van der Waals surface area contributed by atoms with Crippen LogP contribution in [0.25, 0.3) is 0 Å². The minimum absolute atomic E-state index is 0.0796. The Balaban J connectivity index is 2.45. The molecule has 0 aliphatic carbocycles. The van der Waals surface area contributed by atoms with Crippen molar-refractivity contribution in [1.29, 1.82) is 0 Å². The van der Waals surface area contributed by atoms with Crippen molar-refractivity contribution >= 4 is 21.6 Å². The van der Waals surface area contributed by atoms with Crippen LogP contribution in [0.15, 0.2) is 41.3 Å². The van der Waals surface area contributed by atoms with E-state index in [1.807, 2.05) is 25.1 Å². The number of sulfonamides is 1. The number of rotatable bonds is 6. The van der Waals surface area contributed by atoms with Crippen molar-refractivity contribution in [2.24, 2.45) is 0 Å². The molecule has 0 radical (unpaired) electrons. The average molecular weight is 376 g/mol.